The summed E-state index contributed by atoms with van der Waals surface area (Å²) in [6.07, 6.45) is 2.22. The Balaban J connectivity index is 1.05. The Morgan fingerprint density at radius 2 is 1.63 bits per heavy atom. The molecule has 2 atom stereocenters. The van der Waals surface area contributed by atoms with Gasteiger partial charge in [-0.05, 0) is 78.2 Å². The molecule has 0 aromatic heterocycles. The maximum atomic E-state index is 13.2. The molecular formula is C31H44N6O6. The number of imide groups is 2. The van der Waals surface area contributed by atoms with Crippen LogP contribution in [0.1, 0.15) is 74.1 Å². The zero-order valence-corrected chi connectivity index (χ0v) is 25.8. The van der Waals surface area contributed by atoms with Gasteiger partial charge in [-0.15, -0.1) is 0 Å². The fourth-order valence-electron chi connectivity index (χ4n) is 6.36. The van der Waals surface area contributed by atoms with Crippen molar-refractivity contribution < 1.29 is 28.7 Å². The Kier molecular flexibility index (Phi) is 9.07. The molecule has 43 heavy (non-hydrogen) atoms. The molecular weight excluding hydrogens is 552 g/mol. The fourth-order valence-corrected chi connectivity index (χ4v) is 6.36. The predicted octanol–water partition coefficient (Wildman–Crippen LogP) is 1.93. The first-order chi connectivity index (χ1) is 20.4. The third-order valence-electron chi connectivity index (χ3n) is 8.75. The van der Waals surface area contributed by atoms with E-state index in [1.54, 1.807) is 12.1 Å². The van der Waals surface area contributed by atoms with Crippen LogP contribution < -0.4 is 10.2 Å². The average Bonchev–Trinajstić information content (AvgIpc) is 3.20. The summed E-state index contributed by atoms with van der Waals surface area (Å²) in [5.41, 5.74) is 1.03. The number of carbonyl (C=O) groups is 5. The highest BCUT2D eigenvalue weighted by Gasteiger charge is 2.44. The molecule has 1 unspecified atom stereocenters. The van der Waals surface area contributed by atoms with Gasteiger partial charge >= 0.3 is 6.09 Å². The maximum absolute atomic E-state index is 13.2. The Morgan fingerprint density at radius 1 is 0.930 bits per heavy atom. The van der Waals surface area contributed by atoms with Crippen LogP contribution in [0.15, 0.2) is 18.2 Å². The summed E-state index contributed by atoms with van der Waals surface area (Å²) in [7, 11) is 0. The van der Waals surface area contributed by atoms with Gasteiger partial charge in [0.15, 0.2) is 0 Å². The first-order valence-electron chi connectivity index (χ1n) is 15.5. The van der Waals surface area contributed by atoms with E-state index in [0.717, 1.165) is 69.2 Å². The van der Waals surface area contributed by atoms with Crippen LogP contribution in [0.25, 0.3) is 0 Å². The largest absolute Gasteiger partial charge is 0.444 e. The smallest absolute Gasteiger partial charge is 0.410 e. The summed E-state index contributed by atoms with van der Waals surface area (Å²) in [4.78, 5) is 72.4. The van der Waals surface area contributed by atoms with Crippen molar-refractivity contribution in [2.45, 2.75) is 71.1 Å². The zero-order valence-electron chi connectivity index (χ0n) is 25.8. The number of nitrogens with zero attached hydrogens (tertiary/aromatic N) is 5. The normalized spacial score (nSPS) is 24.0. The highest BCUT2D eigenvalue weighted by molar-refractivity contribution is 6.23. The molecule has 1 aromatic rings. The second-order valence-electron chi connectivity index (χ2n) is 13.0. The zero-order chi connectivity index (χ0) is 30.9. The maximum Gasteiger partial charge on any atom is 0.410 e. The van der Waals surface area contributed by atoms with E-state index in [1.165, 1.54) is 0 Å². The van der Waals surface area contributed by atoms with Crippen molar-refractivity contribution in [1.82, 2.24) is 24.9 Å². The number of amides is 5. The number of hydrogen-bond donors (Lipinski definition) is 1. The minimum atomic E-state index is -0.956. The lowest BCUT2D eigenvalue weighted by molar-refractivity contribution is -0.136. The average molecular weight is 597 g/mol. The van der Waals surface area contributed by atoms with Gasteiger partial charge in [-0.3, -0.25) is 39.2 Å². The van der Waals surface area contributed by atoms with Gasteiger partial charge in [-0.25, -0.2) is 4.79 Å². The van der Waals surface area contributed by atoms with Gasteiger partial charge in [0.2, 0.25) is 11.8 Å². The highest BCUT2D eigenvalue weighted by Crippen LogP contribution is 2.31. The van der Waals surface area contributed by atoms with Crippen molar-refractivity contribution in [3.05, 3.63) is 29.3 Å². The summed E-state index contributed by atoms with van der Waals surface area (Å²) in [6, 6.07) is 4.66. The molecule has 4 aliphatic heterocycles. The van der Waals surface area contributed by atoms with Crippen LogP contribution in [0.4, 0.5) is 10.5 Å². The molecule has 0 spiro atoms. The van der Waals surface area contributed by atoms with Crippen LogP contribution in [0.5, 0.6) is 0 Å². The third-order valence-corrected chi connectivity index (χ3v) is 8.75. The first kappa shape index (κ1) is 30.9. The van der Waals surface area contributed by atoms with E-state index >= 15 is 0 Å². The minimum absolute atomic E-state index is 0.102. The molecule has 12 heteroatoms. The lowest BCUT2D eigenvalue weighted by Gasteiger charge is -2.40. The van der Waals surface area contributed by atoms with Crippen molar-refractivity contribution in [2.75, 3.05) is 63.8 Å². The summed E-state index contributed by atoms with van der Waals surface area (Å²) in [5, 5.41) is 2.23. The standard InChI is InChI=1S/C31H44N6O6/c1-21-20-36(30(42)43-31(2,3)4)18-17-34(21)12-6-5-11-33-13-15-35(16-14-33)22-7-8-23-24(19-22)29(41)37(28(23)40)25-9-10-26(38)32-27(25)39/h7-8,19,21,25H,5-6,9-18,20H2,1-4H3,(H,32,38,39)/t21-,25?/m0/s1. The van der Waals surface area contributed by atoms with E-state index in [-0.39, 0.29) is 24.8 Å². The van der Waals surface area contributed by atoms with Crippen LogP contribution in [-0.2, 0) is 14.3 Å². The molecule has 5 rings (SSSR count). The molecule has 4 heterocycles. The van der Waals surface area contributed by atoms with E-state index < -0.39 is 29.4 Å². The predicted molar refractivity (Wildman–Crippen MR) is 160 cm³/mol. The van der Waals surface area contributed by atoms with Crippen LogP contribution >= 0.6 is 0 Å². The topological polar surface area (TPSA) is 123 Å². The van der Waals surface area contributed by atoms with E-state index in [0.29, 0.717) is 30.3 Å². The molecule has 3 fully saturated rings. The summed E-state index contributed by atoms with van der Waals surface area (Å²) >= 11 is 0. The second-order valence-corrected chi connectivity index (χ2v) is 13.0. The molecule has 1 N–H and O–H groups in total. The molecule has 0 saturated carbocycles. The number of rotatable bonds is 7. The lowest BCUT2D eigenvalue weighted by Crippen LogP contribution is -2.54. The number of piperidine rings is 1. The van der Waals surface area contributed by atoms with Crippen molar-refractivity contribution in [1.29, 1.82) is 0 Å². The fraction of sp³-hybridized carbons (Fsp3) is 0.645. The number of fused-ring (bicyclic) bond motifs is 1. The number of anilines is 1. The number of ether oxygens (including phenoxy) is 1. The van der Waals surface area contributed by atoms with Crippen molar-refractivity contribution >= 4 is 35.4 Å². The molecule has 0 bridgehead atoms. The Bertz CT molecular complexity index is 1270. The van der Waals surface area contributed by atoms with Gasteiger partial charge in [-0.1, -0.05) is 0 Å². The van der Waals surface area contributed by atoms with E-state index in [9.17, 15) is 24.0 Å². The molecule has 3 saturated heterocycles. The number of benzene rings is 1. The quantitative estimate of drug-likeness (QED) is 0.372. The van der Waals surface area contributed by atoms with Crippen LogP contribution in [0, 0.1) is 0 Å². The van der Waals surface area contributed by atoms with Crippen molar-refractivity contribution in [3.8, 4) is 0 Å². The van der Waals surface area contributed by atoms with Crippen LogP contribution in [-0.4, -0.2) is 126 Å². The number of unbranched alkanes of at least 4 members (excludes halogenated alkanes) is 1. The summed E-state index contributed by atoms with van der Waals surface area (Å²) in [6.45, 7) is 15.6. The second kappa shape index (κ2) is 12.6. The number of hydrogen-bond acceptors (Lipinski definition) is 9. The van der Waals surface area contributed by atoms with Crippen LogP contribution in [0.3, 0.4) is 0 Å². The first-order valence-corrected chi connectivity index (χ1v) is 15.5. The van der Waals surface area contributed by atoms with Gasteiger partial charge in [0.25, 0.3) is 11.8 Å². The molecule has 4 aliphatic rings. The van der Waals surface area contributed by atoms with Gasteiger partial charge in [-0.2, -0.15) is 0 Å². The van der Waals surface area contributed by atoms with Gasteiger partial charge in [0.1, 0.15) is 11.6 Å². The molecule has 0 radical (unpaired) electrons. The molecule has 12 nitrogen and oxygen atoms in total. The summed E-state index contributed by atoms with van der Waals surface area (Å²) < 4.78 is 5.53. The van der Waals surface area contributed by atoms with Crippen molar-refractivity contribution in [2.24, 2.45) is 0 Å². The Labute approximate surface area is 253 Å². The molecule has 1 aromatic carbocycles. The van der Waals surface area contributed by atoms with Gasteiger partial charge in [0, 0.05) is 64.0 Å². The Hall–Kier alpha value is -3.51. The third kappa shape index (κ3) is 7.01. The number of nitrogens with one attached hydrogen (secondary N) is 1. The minimum Gasteiger partial charge on any atom is -0.444 e. The van der Waals surface area contributed by atoms with E-state index in [4.69, 9.17) is 4.74 Å². The van der Waals surface area contributed by atoms with Crippen LogP contribution in [0.2, 0.25) is 0 Å². The monoisotopic (exact) mass is 596 g/mol. The summed E-state index contributed by atoms with van der Waals surface area (Å²) in [5.74, 6) is -1.94. The van der Waals surface area contributed by atoms with E-state index in [2.05, 4.69) is 26.9 Å². The molecule has 5 amide bonds. The van der Waals surface area contributed by atoms with Crippen molar-refractivity contribution in [3.63, 3.8) is 0 Å². The lowest BCUT2D eigenvalue weighted by atomic mass is 10.0. The number of carbonyl (C=O) groups excluding carboxylic acids is 5. The van der Waals surface area contributed by atoms with E-state index in [1.807, 2.05) is 31.7 Å². The van der Waals surface area contributed by atoms with Gasteiger partial charge in [0.05, 0.1) is 11.1 Å². The SMILES string of the molecule is C[C@H]1CN(C(=O)OC(C)(C)C)CCN1CCCCN1CCN(c2ccc3c(c2)C(=O)N(C2CCC(=O)NC2=O)C3=O)CC1. The highest BCUT2D eigenvalue weighted by atomic mass is 16.6. The molecule has 234 valence electrons. The van der Waals surface area contributed by atoms with Gasteiger partial charge < -0.3 is 14.5 Å². The molecule has 0 aliphatic carbocycles. The Morgan fingerprint density at radius 3 is 2.30 bits per heavy atom. The number of piperazine rings is 2.